The maximum absolute atomic E-state index is 12.8. The Bertz CT molecular complexity index is 552. The van der Waals surface area contributed by atoms with Crippen LogP contribution in [0.5, 0.6) is 0 Å². The molecule has 1 rings (SSSR count). The molecular formula is C13H12BrF3N2O. The van der Waals surface area contributed by atoms with Crippen molar-refractivity contribution in [3.8, 4) is 6.07 Å². The van der Waals surface area contributed by atoms with Gasteiger partial charge in [-0.15, -0.1) is 0 Å². The van der Waals surface area contributed by atoms with Crippen LogP contribution in [0.2, 0.25) is 0 Å². The first-order valence-electron chi connectivity index (χ1n) is 5.69. The summed E-state index contributed by atoms with van der Waals surface area (Å²) in [5.41, 5.74) is -0.961. The number of amides is 1. The minimum Gasteiger partial charge on any atom is -0.338 e. The van der Waals surface area contributed by atoms with Crippen molar-refractivity contribution in [2.24, 2.45) is 0 Å². The van der Waals surface area contributed by atoms with Gasteiger partial charge < -0.3 is 4.90 Å². The molecule has 0 heterocycles. The fourth-order valence-corrected chi connectivity index (χ4v) is 2.02. The molecule has 0 bridgehead atoms. The number of halogens is 4. The maximum Gasteiger partial charge on any atom is 0.417 e. The fourth-order valence-electron chi connectivity index (χ4n) is 1.55. The quantitative estimate of drug-likeness (QED) is 0.832. The van der Waals surface area contributed by atoms with Gasteiger partial charge in [0.2, 0.25) is 0 Å². The van der Waals surface area contributed by atoms with Crippen LogP contribution in [-0.2, 0) is 6.18 Å². The van der Waals surface area contributed by atoms with Gasteiger partial charge in [0, 0.05) is 23.1 Å². The lowest BCUT2D eigenvalue weighted by Gasteiger charge is -2.23. The predicted octanol–water partition coefficient (Wildman–Crippen LogP) is 3.84. The van der Waals surface area contributed by atoms with E-state index in [1.807, 2.05) is 6.07 Å². The fraction of sp³-hybridized carbons (Fsp3) is 0.385. The zero-order valence-electron chi connectivity index (χ0n) is 10.8. The van der Waals surface area contributed by atoms with E-state index in [0.717, 1.165) is 6.07 Å². The van der Waals surface area contributed by atoms with Crippen LogP contribution in [0, 0.1) is 11.3 Å². The van der Waals surface area contributed by atoms with Crippen LogP contribution in [-0.4, -0.2) is 23.9 Å². The zero-order chi connectivity index (χ0) is 15.5. The van der Waals surface area contributed by atoms with E-state index in [1.54, 1.807) is 6.92 Å². The maximum atomic E-state index is 12.8. The van der Waals surface area contributed by atoms with Gasteiger partial charge in [-0.1, -0.05) is 15.9 Å². The monoisotopic (exact) mass is 348 g/mol. The van der Waals surface area contributed by atoms with E-state index < -0.39 is 17.6 Å². The number of hydrogen-bond acceptors (Lipinski definition) is 2. The first kappa shape index (κ1) is 16.5. The van der Waals surface area contributed by atoms with E-state index in [9.17, 15) is 18.0 Å². The second kappa shape index (κ2) is 6.27. The molecule has 0 aliphatic rings. The van der Waals surface area contributed by atoms with Crippen LogP contribution in [0.3, 0.4) is 0 Å². The molecule has 0 saturated carbocycles. The molecule has 1 aromatic carbocycles. The van der Waals surface area contributed by atoms with Crippen LogP contribution in [0.4, 0.5) is 13.2 Å². The van der Waals surface area contributed by atoms with Gasteiger partial charge in [0.05, 0.1) is 18.1 Å². The third kappa shape index (κ3) is 3.73. The number of carbonyl (C=O) groups is 1. The van der Waals surface area contributed by atoms with Crippen LogP contribution in [0.1, 0.15) is 29.3 Å². The molecule has 0 radical (unpaired) electrons. The predicted molar refractivity (Wildman–Crippen MR) is 70.9 cm³/mol. The molecule has 1 amide bonds. The van der Waals surface area contributed by atoms with E-state index >= 15 is 0 Å². The molecule has 108 valence electrons. The summed E-state index contributed by atoms with van der Waals surface area (Å²) in [7, 11) is 1.46. The van der Waals surface area contributed by atoms with E-state index in [-0.39, 0.29) is 22.5 Å². The largest absolute Gasteiger partial charge is 0.417 e. The first-order chi connectivity index (χ1) is 9.18. The first-order valence-corrected chi connectivity index (χ1v) is 6.48. The van der Waals surface area contributed by atoms with Gasteiger partial charge in [0.1, 0.15) is 0 Å². The molecule has 1 atom stereocenters. The van der Waals surface area contributed by atoms with Crippen LogP contribution in [0.25, 0.3) is 0 Å². The highest BCUT2D eigenvalue weighted by Gasteiger charge is 2.34. The summed E-state index contributed by atoms with van der Waals surface area (Å²) in [5.74, 6) is -0.550. The van der Waals surface area contributed by atoms with E-state index in [4.69, 9.17) is 5.26 Å². The number of alkyl halides is 3. The molecule has 1 unspecified atom stereocenters. The number of carbonyl (C=O) groups excluding carboxylic acids is 1. The van der Waals surface area contributed by atoms with E-state index in [2.05, 4.69) is 15.9 Å². The van der Waals surface area contributed by atoms with Crippen molar-refractivity contribution in [1.29, 1.82) is 5.26 Å². The van der Waals surface area contributed by atoms with E-state index in [0.29, 0.717) is 0 Å². The lowest BCUT2D eigenvalue weighted by Crippen LogP contribution is -2.35. The van der Waals surface area contributed by atoms with Gasteiger partial charge in [-0.2, -0.15) is 18.4 Å². The topological polar surface area (TPSA) is 44.1 Å². The molecule has 0 aliphatic carbocycles. The minimum atomic E-state index is -4.54. The Morgan fingerprint density at radius 2 is 2.10 bits per heavy atom. The summed E-state index contributed by atoms with van der Waals surface area (Å²) in [6.45, 7) is 1.66. The van der Waals surface area contributed by atoms with Crippen LogP contribution < -0.4 is 0 Å². The van der Waals surface area contributed by atoms with Gasteiger partial charge in [0.15, 0.2) is 0 Å². The summed E-state index contributed by atoms with van der Waals surface area (Å²) in [6, 6.07) is 4.87. The lowest BCUT2D eigenvalue weighted by atomic mass is 10.1. The highest BCUT2D eigenvalue weighted by molar-refractivity contribution is 9.10. The molecule has 1 aromatic rings. The van der Waals surface area contributed by atoms with Crippen molar-refractivity contribution in [2.45, 2.75) is 25.6 Å². The molecule has 0 aromatic heterocycles. The Balaban J connectivity index is 3.10. The van der Waals surface area contributed by atoms with Crippen molar-refractivity contribution < 1.29 is 18.0 Å². The Morgan fingerprint density at radius 3 is 2.60 bits per heavy atom. The second-order valence-electron chi connectivity index (χ2n) is 4.32. The average Bonchev–Trinajstić information content (AvgIpc) is 2.36. The van der Waals surface area contributed by atoms with Gasteiger partial charge in [-0.05, 0) is 25.1 Å². The molecule has 0 spiro atoms. The van der Waals surface area contributed by atoms with Gasteiger partial charge in [0.25, 0.3) is 5.91 Å². The molecule has 0 saturated heterocycles. The smallest absolute Gasteiger partial charge is 0.338 e. The molecule has 3 nitrogen and oxygen atoms in total. The Morgan fingerprint density at radius 1 is 1.50 bits per heavy atom. The van der Waals surface area contributed by atoms with Crippen LogP contribution >= 0.6 is 15.9 Å². The summed E-state index contributed by atoms with van der Waals surface area (Å²) >= 11 is 2.82. The standard InChI is InChI=1S/C13H12BrF3N2O/c1-8(5-6-18)19(2)12(20)9-3-4-11(14)10(7-9)13(15,16)17/h3-4,7-8H,5H2,1-2H3. The SMILES string of the molecule is CC(CC#N)N(C)C(=O)c1ccc(Br)c(C(F)(F)F)c1. The number of hydrogen-bond donors (Lipinski definition) is 0. The van der Waals surface area contributed by atoms with Crippen molar-refractivity contribution in [3.05, 3.63) is 33.8 Å². The molecule has 0 fully saturated rings. The van der Waals surface area contributed by atoms with Crippen molar-refractivity contribution >= 4 is 21.8 Å². The van der Waals surface area contributed by atoms with Gasteiger partial charge in [-0.3, -0.25) is 4.79 Å². The lowest BCUT2D eigenvalue weighted by molar-refractivity contribution is -0.138. The molecular weight excluding hydrogens is 337 g/mol. The Kier molecular flexibility index (Phi) is 5.17. The second-order valence-corrected chi connectivity index (χ2v) is 5.17. The van der Waals surface area contributed by atoms with Crippen molar-refractivity contribution in [1.82, 2.24) is 4.90 Å². The summed E-state index contributed by atoms with van der Waals surface area (Å²) < 4.78 is 38.2. The Labute approximate surface area is 123 Å². The molecule has 0 N–H and O–H groups in total. The average molecular weight is 349 g/mol. The third-order valence-electron chi connectivity index (χ3n) is 2.89. The minimum absolute atomic E-state index is 0.0622. The number of benzene rings is 1. The van der Waals surface area contributed by atoms with E-state index in [1.165, 1.54) is 24.1 Å². The summed E-state index contributed by atoms with van der Waals surface area (Å²) in [6.07, 6.45) is -4.42. The highest BCUT2D eigenvalue weighted by Crippen LogP contribution is 2.35. The normalized spacial score (nSPS) is 12.7. The van der Waals surface area contributed by atoms with Crippen LogP contribution in [0.15, 0.2) is 22.7 Å². The summed E-state index contributed by atoms with van der Waals surface area (Å²) in [4.78, 5) is 13.3. The number of nitriles is 1. The molecule has 20 heavy (non-hydrogen) atoms. The number of rotatable bonds is 3. The highest BCUT2D eigenvalue weighted by atomic mass is 79.9. The van der Waals surface area contributed by atoms with Gasteiger partial charge in [-0.25, -0.2) is 0 Å². The van der Waals surface area contributed by atoms with Crippen molar-refractivity contribution in [2.75, 3.05) is 7.05 Å². The zero-order valence-corrected chi connectivity index (χ0v) is 12.4. The molecule has 7 heteroatoms. The molecule has 0 aliphatic heterocycles. The third-order valence-corrected chi connectivity index (χ3v) is 3.58. The van der Waals surface area contributed by atoms with Crippen molar-refractivity contribution in [3.63, 3.8) is 0 Å². The van der Waals surface area contributed by atoms with Gasteiger partial charge >= 0.3 is 6.18 Å². The summed E-state index contributed by atoms with van der Waals surface area (Å²) in [5, 5.41) is 8.58. The Hall–Kier alpha value is -1.55. The number of nitrogens with zero attached hydrogens (tertiary/aromatic N) is 2.